The zero-order chi connectivity index (χ0) is 12.6. The molecule has 1 aromatic heterocycles. The Hall–Kier alpha value is -0.590. The summed E-state index contributed by atoms with van der Waals surface area (Å²) in [6.07, 6.45) is 6.06. The summed E-state index contributed by atoms with van der Waals surface area (Å²) in [7, 11) is 0. The van der Waals surface area contributed by atoms with E-state index in [4.69, 9.17) is 0 Å². The zero-order valence-electron chi connectivity index (χ0n) is 9.96. The first-order valence-corrected chi connectivity index (χ1v) is 8.10. The van der Waals surface area contributed by atoms with Crippen LogP contribution in [0, 0.1) is 5.92 Å². The first-order valence-electron chi connectivity index (χ1n) is 6.24. The van der Waals surface area contributed by atoms with Crippen molar-refractivity contribution in [1.82, 2.24) is 10.3 Å². The number of carboxylic acid groups (broad SMARTS) is 1. The molecule has 2 fully saturated rings. The van der Waals surface area contributed by atoms with Crippen LogP contribution in [0.15, 0.2) is 15.9 Å². The van der Waals surface area contributed by atoms with Crippen molar-refractivity contribution in [3.05, 3.63) is 11.6 Å². The van der Waals surface area contributed by atoms with Crippen LogP contribution in [0.4, 0.5) is 0 Å². The SMILES string of the molecule is O=C(O)C(CSc1nccs1)(NC1CC1)C1CC1. The highest BCUT2D eigenvalue weighted by Crippen LogP contribution is 2.44. The molecule has 1 atom stereocenters. The normalized spacial score (nSPS) is 22.7. The van der Waals surface area contributed by atoms with Gasteiger partial charge >= 0.3 is 5.97 Å². The molecule has 18 heavy (non-hydrogen) atoms. The Morgan fingerprint density at radius 1 is 1.56 bits per heavy atom. The molecule has 0 bridgehead atoms. The molecule has 1 unspecified atom stereocenters. The number of carboxylic acids is 1. The fourth-order valence-electron chi connectivity index (χ4n) is 2.20. The van der Waals surface area contributed by atoms with Crippen LogP contribution in [0.25, 0.3) is 0 Å². The molecule has 3 rings (SSSR count). The molecule has 2 N–H and O–H groups in total. The Kier molecular flexibility index (Phi) is 3.34. The van der Waals surface area contributed by atoms with E-state index >= 15 is 0 Å². The van der Waals surface area contributed by atoms with Crippen LogP contribution < -0.4 is 5.32 Å². The number of carbonyl (C=O) groups is 1. The molecule has 0 amide bonds. The molecular weight excluding hydrogens is 268 g/mol. The second kappa shape index (κ2) is 4.83. The van der Waals surface area contributed by atoms with Gasteiger partial charge in [-0.15, -0.1) is 11.3 Å². The molecule has 6 heteroatoms. The lowest BCUT2D eigenvalue weighted by molar-refractivity contribution is -0.145. The molecule has 2 aliphatic carbocycles. The van der Waals surface area contributed by atoms with Crippen molar-refractivity contribution in [3.8, 4) is 0 Å². The fraction of sp³-hybridized carbons (Fsp3) is 0.667. The van der Waals surface area contributed by atoms with Crippen LogP contribution in [0.1, 0.15) is 25.7 Å². The van der Waals surface area contributed by atoms with E-state index in [0.29, 0.717) is 17.7 Å². The number of thioether (sulfide) groups is 1. The third-order valence-corrected chi connectivity index (χ3v) is 5.69. The molecule has 4 nitrogen and oxygen atoms in total. The first-order chi connectivity index (χ1) is 8.71. The lowest BCUT2D eigenvalue weighted by Crippen LogP contribution is -2.57. The number of aromatic nitrogens is 1. The molecule has 0 aliphatic heterocycles. The Balaban J connectivity index is 1.72. The van der Waals surface area contributed by atoms with Crippen LogP contribution in [-0.4, -0.2) is 33.4 Å². The van der Waals surface area contributed by atoms with E-state index in [1.54, 1.807) is 29.3 Å². The summed E-state index contributed by atoms with van der Waals surface area (Å²) < 4.78 is 0.957. The molecule has 0 radical (unpaired) electrons. The first kappa shape index (κ1) is 12.4. The zero-order valence-corrected chi connectivity index (χ0v) is 11.6. The predicted molar refractivity (Wildman–Crippen MR) is 72.1 cm³/mol. The molecule has 2 saturated carbocycles. The quantitative estimate of drug-likeness (QED) is 0.752. The summed E-state index contributed by atoms with van der Waals surface area (Å²) in [4.78, 5) is 15.9. The number of hydrogen-bond acceptors (Lipinski definition) is 5. The van der Waals surface area contributed by atoms with Gasteiger partial charge < -0.3 is 5.11 Å². The Labute approximate surface area is 114 Å². The van der Waals surface area contributed by atoms with Gasteiger partial charge in [0.05, 0.1) is 0 Å². The predicted octanol–water partition coefficient (Wildman–Crippen LogP) is 2.22. The van der Waals surface area contributed by atoms with Gasteiger partial charge in [0.15, 0.2) is 0 Å². The monoisotopic (exact) mass is 284 g/mol. The lowest BCUT2D eigenvalue weighted by atomic mass is 9.95. The molecule has 0 aromatic carbocycles. The summed E-state index contributed by atoms with van der Waals surface area (Å²) in [6, 6.07) is 0.415. The van der Waals surface area contributed by atoms with Gasteiger partial charge in [-0.2, -0.15) is 0 Å². The standard InChI is InChI=1S/C12H16N2O2S2/c15-10(16)12(8-1-2-8,14-9-3-4-9)7-18-11-13-5-6-17-11/h5-6,8-9,14H,1-4,7H2,(H,15,16). The van der Waals surface area contributed by atoms with Gasteiger partial charge in [0.1, 0.15) is 9.88 Å². The average molecular weight is 284 g/mol. The Morgan fingerprint density at radius 2 is 2.33 bits per heavy atom. The van der Waals surface area contributed by atoms with Gasteiger partial charge in [0.2, 0.25) is 0 Å². The van der Waals surface area contributed by atoms with Crippen molar-refractivity contribution < 1.29 is 9.90 Å². The highest BCUT2D eigenvalue weighted by atomic mass is 32.2. The second-order valence-electron chi connectivity index (χ2n) is 5.06. The van der Waals surface area contributed by atoms with Gasteiger partial charge in [-0.25, -0.2) is 4.98 Å². The maximum atomic E-state index is 11.7. The van der Waals surface area contributed by atoms with Gasteiger partial charge in [0.25, 0.3) is 0 Å². The maximum absolute atomic E-state index is 11.7. The third-order valence-electron chi connectivity index (χ3n) is 3.53. The van der Waals surface area contributed by atoms with Crippen molar-refractivity contribution in [2.45, 2.75) is 41.6 Å². The summed E-state index contributed by atoms with van der Waals surface area (Å²) in [5, 5.41) is 15.0. The van der Waals surface area contributed by atoms with E-state index < -0.39 is 11.5 Å². The lowest BCUT2D eigenvalue weighted by Gasteiger charge is -2.30. The van der Waals surface area contributed by atoms with E-state index in [2.05, 4.69) is 10.3 Å². The third kappa shape index (κ3) is 2.55. The summed E-state index contributed by atoms with van der Waals surface area (Å²) in [6.45, 7) is 0. The van der Waals surface area contributed by atoms with Gasteiger partial charge in [-0.05, 0) is 31.6 Å². The average Bonchev–Trinajstić information content (AvgIpc) is 3.25. The maximum Gasteiger partial charge on any atom is 0.325 e. The Morgan fingerprint density at radius 3 is 2.83 bits per heavy atom. The Bertz CT molecular complexity index is 429. The van der Waals surface area contributed by atoms with Crippen molar-refractivity contribution in [3.63, 3.8) is 0 Å². The number of thiazole rings is 1. The number of rotatable bonds is 7. The van der Waals surface area contributed by atoms with Crippen LogP contribution in [-0.2, 0) is 4.79 Å². The van der Waals surface area contributed by atoms with E-state index in [9.17, 15) is 9.90 Å². The van der Waals surface area contributed by atoms with Gasteiger partial charge in [0, 0.05) is 23.4 Å². The van der Waals surface area contributed by atoms with E-state index in [1.165, 1.54) is 0 Å². The van der Waals surface area contributed by atoms with Crippen molar-refractivity contribution in [2.24, 2.45) is 5.92 Å². The van der Waals surface area contributed by atoms with Crippen LogP contribution in [0.5, 0.6) is 0 Å². The number of aliphatic carboxylic acids is 1. The number of hydrogen-bond donors (Lipinski definition) is 2. The minimum atomic E-state index is -0.739. The fourth-order valence-corrected chi connectivity index (χ4v) is 4.11. The number of nitrogens with one attached hydrogen (secondary N) is 1. The molecule has 1 heterocycles. The van der Waals surface area contributed by atoms with E-state index in [-0.39, 0.29) is 0 Å². The van der Waals surface area contributed by atoms with E-state index in [1.807, 2.05) is 5.38 Å². The van der Waals surface area contributed by atoms with Crippen molar-refractivity contribution >= 4 is 29.1 Å². The van der Waals surface area contributed by atoms with Crippen LogP contribution >= 0.6 is 23.1 Å². The second-order valence-corrected chi connectivity index (χ2v) is 7.17. The molecule has 2 aliphatic rings. The molecule has 1 aromatic rings. The summed E-state index contributed by atoms with van der Waals surface area (Å²) in [5.74, 6) is 0.181. The minimum Gasteiger partial charge on any atom is -0.480 e. The molecule has 0 saturated heterocycles. The number of nitrogens with zero attached hydrogens (tertiary/aromatic N) is 1. The van der Waals surface area contributed by atoms with Crippen molar-refractivity contribution in [1.29, 1.82) is 0 Å². The highest BCUT2D eigenvalue weighted by Gasteiger charge is 2.53. The largest absolute Gasteiger partial charge is 0.480 e. The molecular formula is C12H16N2O2S2. The minimum absolute atomic E-state index is 0.295. The molecule has 0 spiro atoms. The van der Waals surface area contributed by atoms with E-state index in [0.717, 1.165) is 30.0 Å². The summed E-state index contributed by atoms with van der Waals surface area (Å²) >= 11 is 3.14. The smallest absolute Gasteiger partial charge is 0.325 e. The molecule has 98 valence electrons. The van der Waals surface area contributed by atoms with Gasteiger partial charge in [-0.1, -0.05) is 11.8 Å². The van der Waals surface area contributed by atoms with Crippen molar-refractivity contribution in [2.75, 3.05) is 5.75 Å². The van der Waals surface area contributed by atoms with Crippen LogP contribution in [0.3, 0.4) is 0 Å². The summed E-state index contributed by atoms with van der Waals surface area (Å²) in [5.41, 5.74) is -0.739. The van der Waals surface area contributed by atoms with Gasteiger partial charge in [-0.3, -0.25) is 10.1 Å². The highest BCUT2D eigenvalue weighted by molar-refractivity contribution is 8.01. The topological polar surface area (TPSA) is 62.2 Å². The van der Waals surface area contributed by atoms with Crippen LogP contribution in [0.2, 0.25) is 0 Å².